The number of benzene rings is 2. The normalized spacial score (nSPS) is 10.2. The molecule has 2 aromatic rings. The highest BCUT2D eigenvalue weighted by Crippen LogP contribution is 2.32. The molecule has 0 spiro atoms. The van der Waals surface area contributed by atoms with Crippen LogP contribution in [0.25, 0.3) is 0 Å². The first-order valence-corrected chi connectivity index (χ1v) is 9.47. The Balaban J connectivity index is 1.88. The van der Waals surface area contributed by atoms with E-state index in [0.717, 1.165) is 18.1 Å². The van der Waals surface area contributed by atoms with E-state index in [4.69, 9.17) is 4.74 Å². The van der Waals surface area contributed by atoms with Crippen molar-refractivity contribution in [1.82, 2.24) is 10.9 Å². The van der Waals surface area contributed by atoms with Gasteiger partial charge in [-0.2, -0.15) is 0 Å². The second kappa shape index (κ2) is 8.82. The van der Waals surface area contributed by atoms with Crippen LogP contribution in [0, 0.1) is 10.5 Å². The van der Waals surface area contributed by atoms with Gasteiger partial charge in [0.15, 0.2) is 6.61 Å². The van der Waals surface area contributed by atoms with Crippen LogP contribution in [-0.2, 0) is 4.79 Å². The maximum Gasteiger partial charge on any atom is 0.276 e. The molecule has 2 amide bonds. The zero-order chi connectivity index (χ0) is 17.7. The molecule has 126 valence electrons. The third-order valence-corrected chi connectivity index (χ3v) is 4.96. The van der Waals surface area contributed by atoms with E-state index in [-0.39, 0.29) is 12.5 Å². The van der Waals surface area contributed by atoms with Gasteiger partial charge in [0.05, 0.1) is 10.0 Å². The molecular formula is C16H13Br2IN2O3. The number of carbonyl (C=O) groups is 2. The van der Waals surface area contributed by atoms with E-state index in [2.05, 4.69) is 65.3 Å². The second-order valence-corrected chi connectivity index (χ2v) is 7.74. The van der Waals surface area contributed by atoms with Crippen molar-refractivity contribution in [2.45, 2.75) is 6.92 Å². The summed E-state index contributed by atoms with van der Waals surface area (Å²) in [7, 11) is 0. The van der Waals surface area contributed by atoms with Crippen molar-refractivity contribution in [3.8, 4) is 5.75 Å². The highest BCUT2D eigenvalue weighted by atomic mass is 127. The van der Waals surface area contributed by atoms with Gasteiger partial charge in [-0.3, -0.25) is 20.4 Å². The van der Waals surface area contributed by atoms with E-state index in [1.54, 1.807) is 12.1 Å². The first-order chi connectivity index (χ1) is 11.4. The van der Waals surface area contributed by atoms with Crippen LogP contribution < -0.4 is 15.6 Å². The smallest absolute Gasteiger partial charge is 0.276 e. The number of rotatable bonds is 4. The predicted octanol–water partition coefficient (Wildman–Crippen LogP) is 3.96. The quantitative estimate of drug-likeness (QED) is 0.434. The van der Waals surface area contributed by atoms with Crippen LogP contribution in [0.3, 0.4) is 0 Å². The Hall–Kier alpha value is -1.13. The molecule has 0 aliphatic heterocycles. The zero-order valence-electron chi connectivity index (χ0n) is 12.5. The van der Waals surface area contributed by atoms with Gasteiger partial charge in [-0.25, -0.2) is 0 Å². The van der Waals surface area contributed by atoms with Crippen LogP contribution >= 0.6 is 54.5 Å². The summed E-state index contributed by atoms with van der Waals surface area (Å²) in [6.07, 6.45) is 0. The van der Waals surface area contributed by atoms with Gasteiger partial charge in [-0.1, -0.05) is 28.1 Å². The molecule has 0 heterocycles. The molecule has 0 aromatic heterocycles. The van der Waals surface area contributed by atoms with E-state index in [1.165, 1.54) is 0 Å². The lowest BCUT2D eigenvalue weighted by molar-refractivity contribution is -0.123. The molecule has 5 nitrogen and oxygen atoms in total. The fourth-order valence-corrected chi connectivity index (χ4v) is 4.07. The zero-order valence-corrected chi connectivity index (χ0v) is 17.9. The van der Waals surface area contributed by atoms with Gasteiger partial charge >= 0.3 is 0 Å². The first kappa shape index (κ1) is 19.2. The molecule has 24 heavy (non-hydrogen) atoms. The van der Waals surface area contributed by atoms with Gasteiger partial charge in [0, 0.05) is 8.04 Å². The van der Waals surface area contributed by atoms with Crippen LogP contribution in [0.2, 0.25) is 0 Å². The largest absolute Gasteiger partial charge is 0.482 e. The van der Waals surface area contributed by atoms with Crippen molar-refractivity contribution in [3.63, 3.8) is 0 Å². The molecular weight excluding hydrogens is 555 g/mol. The number of hydrazine groups is 1. The molecule has 0 unspecified atom stereocenters. The summed E-state index contributed by atoms with van der Waals surface area (Å²) in [5.74, 6) is -0.254. The van der Waals surface area contributed by atoms with E-state index in [1.807, 2.05) is 31.2 Å². The summed E-state index contributed by atoms with van der Waals surface area (Å²) in [5, 5.41) is 0. The average Bonchev–Trinajstić information content (AvgIpc) is 2.52. The second-order valence-electron chi connectivity index (χ2n) is 4.80. The fourth-order valence-electron chi connectivity index (χ4n) is 1.88. The van der Waals surface area contributed by atoms with E-state index in [0.29, 0.717) is 11.3 Å². The van der Waals surface area contributed by atoms with E-state index >= 15 is 0 Å². The molecule has 0 radical (unpaired) electrons. The average molecular weight is 568 g/mol. The molecule has 0 bridgehead atoms. The van der Waals surface area contributed by atoms with Crippen molar-refractivity contribution in [1.29, 1.82) is 0 Å². The van der Waals surface area contributed by atoms with Crippen LogP contribution in [0.15, 0.2) is 45.3 Å². The summed E-state index contributed by atoms with van der Waals surface area (Å²) in [6.45, 7) is 1.66. The van der Waals surface area contributed by atoms with Crippen molar-refractivity contribution in [2.24, 2.45) is 0 Å². The Kier molecular flexibility index (Phi) is 7.05. The van der Waals surface area contributed by atoms with Gasteiger partial charge in [0.1, 0.15) is 5.75 Å². The third-order valence-electron chi connectivity index (χ3n) is 2.98. The van der Waals surface area contributed by atoms with Gasteiger partial charge in [0.25, 0.3) is 11.8 Å². The number of amides is 2. The number of hydrogen-bond acceptors (Lipinski definition) is 3. The molecule has 2 aromatic carbocycles. The minimum absolute atomic E-state index is 0.215. The molecule has 0 aliphatic rings. The van der Waals surface area contributed by atoms with E-state index < -0.39 is 5.91 Å². The van der Waals surface area contributed by atoms with Crippen LogP contribution in [-0.4, -0.2) is 18.4 Å². The summed E-state index contributed by atoms with van der Waals surface area (Å²) in [4.78, 5) is 23.9. The number of halogens is 3. The van der Waals surface area contributed by atoms with Crippen LogP contribution in [0.4, 0.5) is 0 Å². The molecule has 8 heteroatoms. The lowest BCUT2D eigenvalue weighted by atomic mass is 10.2. The Bertz CT molecular complexity index is 761. The Labute approximate surface area is 169 Å². The molecule has 0 saturated heterocycles. The third kappa shape index (κ3) is 5.18. The minimum Gasteiger partial charge on any atom is -0.482 e. The predicted molar refractivity (Wildman–Crippen MR) is 107 cm³/mol. The molecule has 2 rings (SSSR count). The molecule has 0 atom stereocenters. The summed E-state index contributed by atoms with van der Waals surface area (Å²) in [6, 6.07) is 10.8. The monoisotopic (exact) mass is 566 g/mol. The lowest BCUT2D eigenvalue weighted by Crippen LogP contribution is -2.44. The maximum absolute atomic E-state index is 12.0. The van der Waals surface area contributed by atoms with Gasteiger partial charge < -0.3 is 4.74 Å². The number of hydrogen-bond donors (Lipinski definition) is 2. The fraction of sp³-hybridized carbons (Fsp3) is 0.125. The number of aryl methyl sites for hydroxylation is 1. The highest BCUT2D eigenvalue weighted by molar-refractivity contribution is 14.1. The Morgan fingerprint density at radius 3 is 2.54 bits per heavy atom. The SMILES string of the molecule is Cc1cc(Br)cc(Br)c1OCC(=O)NNC(=O)c1ccccc1I. The van der Waals surface area contributed by atoms with Crippen molar-refractivity contribution in [2.75, 3.05) is 6.61 Å². The maximum atomic E-state index is 12.0. The van der Waals surface area contributed by atoms with Gasteiger partial charge in [0.2, 0.25) is 0 Å². The molecule has 0 aliphatic carbocycles. The summed E-state index contributed by atoms with van der Waals surface area (Å²) >= 11 is 8.83. The Morgan fingerprint density at radius 2 is 1.88 bits per heavy atom. The first-order valence-electron chi connectivity index (χ1n) is 6.80. The van der Waals surface area contributed by atoms with Gasteiger partial charge in [-0.05, 0) is 75.3 Å². The van der Waals surface area contributed by atoms with Crippen LogP contribution in [0.5, 0.6) is 5.75 Å². The lowest BCUT2D eigenvalue weighted by Gasteiger charge is -2.12. The Morgan fingerprint density at radius 1 is 1.17 bits per heavy atom. The summed E-state index contributed by atoms with van der Waals surface area (Å²) < 4.78 is 7.96. The molecule has 2 N–H and O–H groups in total. The molecule has 0 fully saturated rings. The van der Waals surface area contributed by atoms with Crippen molar-refractivity contribution < 1.29 is 14.3 Å². The topological polar surface area (TPSA) is 67.4 Å². The highest BCUT2D eigenvalue weighted by Gasteiger charge is 2.12. The minimum atomic E-state index is -0.455. The van der Waals surface area contributed by atoms with Gasteiger partial charge in [-0.15, -0.1) is 0 Å². The summed E-state index contributed by atoms with van der Waals surface area (Å²) in [5.41, 5.74) is 6.08. The van der Waals surface area contributed by atoms with Crippen molar-refractivity contribution >= 4 is 66.3 Å². The van der Waals surface area contributed by atoms with Crippen molar-refractivity contribution in [3.05, 3.63) is 60.0 Å². The molecule has 0 saturated carbocycles. The number of carbonyl (C=O) groups excluding carboxylic acids is 2. The standard InChI is InChI=1S/C16H13Br2IN2O3/c1-9-6-10(17)7-12(18)15(9)24-8-14(22)20-21-16(23)11-4-2-3-5-13(11)19/h2-7H,8H2,1H3,(H,20,22)(H,21,23). The van der Waals surface area contributed by atoms with E-state index in [9.17, 15) is 9.59 Å². The number of ether oxygens (including phenoxy) is 1. The van der Waals surface area contributed by atoms with Crippen LogP contribution in [0.1, 0.15) is 15.9 Å². The number of nitrogens with one attached hydrogen (secondary N) is 2.